The lowest BCUT2D eigenvalue weighted by Crippen LogP contribution is -2.33. The van der Waals surface area contributed by atoms with Gasteiger partial charge in [-0.2, -0.15) is 0 Å². The second-order valence-electron chi connectivity index (χ2n) is 4.23. The van der Waals surface area contributed by atoms with E-state index < -0.39 is 0 Å². The van der Waals surface area contributed by atoms with Crippen molar-refractivity contribution in [3.05, 3.63) is 35.9 Å². The Morgan fingerprint density at radius 2 is 1.88 bits per heavy atom. The van der Waals surface area contributed by atoms with E-state index in [2.05, 4.69) is 31.3 Å². The molecule has 2 unspecified atom stereocenters. The number of nitrogens with one attached hydrogen (secondary N) is 1. The molecular formula is C14H23NO2. The van der Waals surface area contributed by atoms with E-state index in [4.69, 9.17) is 9.47 Å². The third-order valence-electron chi connectivity index (χ3n) is 2.65. The number of benzene rings is 1. The van der Waals surface area contributed by atoms with Crippen LogP contribution in [0.3, 0.4) is 0 Å². The maximum atomic E-state index is 5.75. The minimum absolute atomic E-state index is 0.149. The molecule has 3 nitrogen and oxygen atoms in total. The molecule has 1 rings (SSSR count). The van der Waals surface area contributed by atoms with Crippen LogP contribution in [0.15, 0.2) is 30.3 Å². The van der Waals surface area contributed by atoms with Crippen LogP contribution in [0, 0.1) is 0 Å². The van der Waals surface area contributed by atoms with Gasteiger partial charge in [0.2, 0.25) is 0 Å². The van der Waals surface area contributed by atoms with Crippen LogP contribution in [-0.2, 0) is 9.47 Å². The average molecular weight is 237 g/mol. The van der Waals surface area contributed by atoms with Crippen LogP contribution in [0.25, 0.3) is 0 Å². The van der Waals surface area contributed by atoms with Crippen molar-refractivity contribution in [2.75, 3.05) is 26.9 Å². The summed E-state index contributed by atoms with van der Waals surface area (Å²) in [5, 5.41) is 3.34. The highest BCUT2D eigenvalue weighted by molar-refractivity contribution is 5.16. The molecule has 0 aliphatic carbocycles. The van der Waals surface area contributed by atoms with Gasteiger partial charge in [-0.1, -0.05) is 30.3 Å². The summed E-state index contributed by atoms with van der Waals surface area (Å²) in [7, 11) is 1.71. The van der Waals surface area contributed by atoms with Crippen molar-refractivity contribution in [3.8, 4) is 0 Å². The summed E-state index contributed by atoms with van der Waals surface area (Å²) in [6, 6.07) is 10.6. The Hall–Kier alpha value is -0.900. The molecule has 96 valence electrons. The van der Waals surface area contributed by atoms with Crippen molar-refractivity contribution in [1.82, 2.24) is 5.32 Å². The van der Waals surface area contributed by atoms with Gasteiger partial charge in [-0.05, 0) is 19.4 Å². The lowest BCUT2D eigenvalue weighted by Gasteiger charge is -2.16. The van der Waals surface area contributed by atoms with Crippen molar-refractivity contribution in [1.29, 1.82) is 0 Å². The molecule has 17 heavy (non-hydrogen) atoms. The Morgan fingerprint density at radius 1 is 1.18 bits per heavy atom. The molecule has 0 aliphatic heterocycles. The fourth-order valence-corrected chi connectivity index (χ4v) is 1.67. The molecule has 0 heterocycles. The lowest BCUT2D eigenvalue weighted by atomic mass is 10.1. The molecule has 0 fully saturated rings. The zero-order chi connectivity index (χ0) is 12.5. The highest BCUT2D eigenvalue weighted by Gasteiger charge is 2.05. The van der Waals surface area contributed by atoms with E-state index in [9.17, 15) is 0 Å². The van der Waals surface area contributed by atoms with Gasteiger partial charge in [0.25, 0.3) is 0 Å². The Bertz CT molecular complexity index is 290. The zero-order valence-corrected chi connectivity index (χ0v) is 11.0. The molecule has 0 saturated carbocycles. The normalized spacial score (nSPS) is 14.5. The van der Waals surface area contributed by atoms with Crippen LogP contribution in [0.5, 0.6) is 0 Å². The van der Waals surface area contributed by atoms with E-state index in [1.807, 2.05) is 18.2 Å². The molecule has 0 bridgehead atoms. The Morgan fingerprint density at radius 3 is 2.53 bits per heavy atom. The first-order valence-electron chi connectivity index (χ1n) is 6.13. The number of hydrogen-bond donors (Lipinski definition) is 1. The molecule has 2 atom stereocenters. The molecule has 0 saturated heterocycles. The van der Waals surface area contributed by atoms with E-state index in [1.165, 1.54) is 5.56 Å². The molecule has 0 radical (unpaired) electrons. The van der Waals surface area contributed by atoms with Gasteiger partial charge < -0.3 is 14.8 Å². The molecule has 1 aromatic carbocycles. The fraction of sp³-hybridized carbons (Fsp3) is 0.571. The first kappa shape index (κ1) is 14.2. The molecular weight excluding hydrogens is 214 g/mol. The monoisotopic (exact) mass is 237 g/mol. The third-order valence-corrected chi connectivity index (χ3v) is 2.65. The SMILES string of the molecule is COCC(C)NCCOC(C)c1ccccc1. The molecule has 3 heteroatoms. The van der Waals surface area contributed by atoms with Crippen molar-refractivity contribution >= 4 is 0 Å². The number of hydrogen-bond acceptors (Lipinski definition) is 3. The van der Waals surface area contributed by atoms with E-state index in [1.54, 1.807) is 7.11 Å². The minimum atomic E-state index is 0.149. The predicted molar refractivity (Wildman–Crippen MR) is 70.1 cm³/mol. The van der Waals surface area contributed by atoms with Gasteiger partial charge in [0.05, 0.1) is 19.3 Å². The first-order chi connectivity index (χ1) is 8.24. The van der Waals surface area contributed by atoms with Gasteiger partial charge >= 0.3 is 0 Å². The summed E-state index contributed by atoms with van der Waals surface area (Å²) in [5.74, 6) is 0. The Labute approximate surface area is 104 Å². The summed E-state index contributed by atoms with van der Waals surface area (Å²) in [6.07, 6.45) is 0.149. The predicted octanol–water partition coefficient (Wildman–Crippen LogP) is 2.39. The van der Waals surface area contributed by atoms with Gasteiger partial charge in [-0.15, -0.1) is 0 Å². The van der Waals surface area contributed by atoms with Crippen LogP contribution in [-0.4, -0.2) is 32.9 Å². The minimum Gasteiger partial charge on any atom is -0.383 e. The highest BCUT2D eigenvalue weighted by Crippen LogP contribution is 2.15. The molecule has 0 amide bonds. The standard InChI is InChI=1S/C14H23NO2/c1-12(11-16-3)15-9-10-17-13(2)14-7-5-4-6-8-14/h4-8,12-13,15H,9-11H2,1-3H3. The van der Waals surface area contributed by atoms with Gasteiger partial charge in [-0.25, -0.2) is 0 Å². The maximum absolute atomic E-state index is 5.75. The van der Waals surface area contributed by atoms with Gasteiger partial charge in [0.15, 0.2) is 0 Å². The second-order valence-corrected chi connectivity index (χ2v) is 4.23. The van der Waals surface area contributed by atoms with Crippen molar-refractivity contribution in [3.63, 3.8) is 0 Å². The van der Waals surface area contributed by atoms with Crippen molar-refractivity contribution < 1.29 is 9.47 Å². The quantitative estimate of drug-likeness (QED) is 0.704. The van der Waals surface area contributed by atoms with Crippen LogP contribution >= 0.6 is 0 Å². The van der Waals surface area contributed by atoms with Crippen LogP contribution in [0.1, 0.15) is 25.5 Å². The van der Waals surface area contributed by atoms with E-state index >= 15 is 0 Å². The smallest absolute Gasteiger partial charge is 0.0797 e. The molecule has 1 N–H and O–H groups in total. The van der Waals surface area contributed by atoms with Gasteiger partial charge in [0.1, 0.15) is 0 Å². The first-order valence-corrected chi connectivity index (χ1v) is 6.13. The largest absolute Gasteiger partial charge is 0.383 e. The number of ether oxygens (including phenoxy) is 2. The van der Waals surface area contributed by atoms with Crippen molar-refractivity contribution in [2.24, 2.45) is 0 Å². The summed E-state index contributed by atoms with van der Waals surface area (Å²) in [6.45, 7) is 6.47. The van der Waals surface area contributed by atoms with Crippen LogP contribution in [0.2, 0.25) is 0 Å². The molecule has 1 aromatic rings. The Kier molecular flexibility index (Phi) is 6.86. The highest BCUT2D eigenvalue weighted by atomic mass is 16.5. The molecule has 0 aromatic heterocycles. The van der Waals surface area contributed by atoms with Crippen LogP contribution in [0.4, 0.5) is 0 Å². The Balaban J connectivity index is 2.14. The maximum Gasteiger partial charge on any atom is 0.0797 e. The number of rotatable bonds is 8. The summed E-state index contributed by atoms with van der Waals surface area (Å²) >= 11 is 0. The van der Waals surface area contributed by atoms with Crippen molar-refractivity contribution in [2.45, 2.75) is 26.0 Å². The molecule has 0 spiro atoms. The van der Waals surface area contributed by atoms with Gasteiger partial charge in [-0.3, -0.25) is 0 Å². The number of methoxy groups -OCH3 is 1. The summed E-state index contributed by atoms with van der Waals surface area (Å²) < 4.78 is 10.8. The third kappa shape index (κ3) is 5.82. The van der Waals surface area contributed by atoms with E-state index in [0.29, 0.717) is 12.6 Å². The fourth-order valence-electron chi connectivity index (χ4n) is 1.67. The summed E-state index contributed by atoms with van der Waals surface area (Å²) in [4.78, 5) is 0. The lowest BCUT2D eigenvalue weighted by molar-refractivity contribution is 0.0644. The molecule has 0 aliphatic rings. The van der Waals surface area contributed by atoms with E-state index in [-0.39, 0.29) is 6.10 Å². The zero-order valence-electron chi connectivity index (χ0n) is 11.0. The average Bonchev–Trinajstić information content (AvgIpc) is 2.36. The van der Waals surface area contributed by atoms with Gasteiger partial charge in [0, 0.05) is 19.7 Å². The summed E-state index contributed by atoms with van der Waals surface area (Å²) in [5.41, 5.74) is 1.22. The van der Waals surface area contributed by atoms with E-state index in [0.717, 1.165) is 13.2 Å². The van der Waals surface area contributed by atoms with Crippen LogP contribution < -0.4 is 5.32 Å². The topological polar surface area (TPSA) is 30.5 Å². The second kappa shape index (κ2) is 8.23.